The molecule has 0 heterocycles. The topological polar surface area (TPSA) is 92.8 Å². The summed E-state index contributed by atoms with van der Waals surface area (Å²) in [5.41, 5.74) is 0.979. The Morgan fingerprint density at radius 2 is 1.60 bits per heavy atom. The van der Waals surface area contributed by atoms with E-state index in [1.165, 1.54) is 22.5 Å². The van der Waals surface area contributed by atoms with Crippen LogP contribution in [0.2, 0.25) is 5.02 Å². The third kappa shape index (κ3) is 5.59. The fraction of sp³-hybridized carbons (Fsp3) is 0.333. The van der Waals surface area contributed by atoms with Crippen molar-refractivity contribution in [2.75, 3.05) is 25.0 Å². The van der Waals surface area contributed by atoms with E-state index in [1.807, 2.05) is 6.92 Å². The molecule has 2 rings (SSSR count). The van der Waals surface area contributed by atoms with Gasteiger partial charge >= 0.3 is 5.97 Å². The Labute approximate surface area is 182 Å². The molecule has 30 heavy (non-hydrogen) atoms. The first-order valence-corrected chi connectivity index (χ1v) is 11.4. The molecule has 1 amide bonds. The number of carbonyl (C=O) groups excluding carboxylic acids is 2. The van der Waals surface area contributed by atoms with Gasteiger partial charge in [-0.05, 0) is 48.9 Å². The Balaban J connectivity index is 2.21. The van der Waals surface area contributed by atoms with Crippen LogP contribution in [0.1, 0.15) is 47.9 Å². The monoisotopic (exact) mass is 452 g/mol. The Kier molecular flexibility index (Phi) is 8.40. The number of sulfonamides is 1. The molecule has 0 bridgehead atoms. The van der Waals surface area contributed by atoms with Gasteiger partial charge < -0.3 is 10.1 Å². The molecular weight excluding hydrogens is 428 g/mol. The molecule has 0 unspecified atom stereocenters. The number of esters is 1. The average Bonchev–Trinajstić information content (AvgIpc) is 2.73. The summed E-state index contributed by atoms with van der Waals surface area (Å²) in [6, 6.07) is 10.3. The molecule has 0 aliphatic carbocycles. The molecule has 162 valence electrons. The van der Waals surface area contributed by atoms with Crippen molar-refractivity contribution in [2.24, 2.45) is 0 Å². The fourth-order valence-corrected chi connectivity index (χ4v) is 4.67. The Bertz CT molecular complexity index is 1000. The molecular formula is C21H25ClN2O5S. The van der Waals surface area contributed by atoms with E-state index in [1.54, 1.807) is 38.1 Å². The van der Waals surface area contributed by atoms with Gasteiger partial charge in [-0.2, -0.15) is 4.31 Å². The van der Waals surface area contributed by atoms with E-state index in [2.05, 4.69) is 5.32 Å². The van der Waals surface area contributed by atoms with Crippen molar-refractivity contribution in [2.45, 2.75) is 32.1 Å². The van der Waals surface area contributed by atoms with E-state index in [4.69, 9.17) is 16.3 Å². The Hall–Kier alpha value is -2.42. The van der Waals surface area contributed by atoms with Crippen molar-refractivity contribution in [1.29, 1.82) is 0 Å². The zero-order valence-electron chi connectivity index (χ0n) is 17.1. The SMILES string of the molecule is CCCOC(=O)c1ccc(NC(=O)c2ccc(Cl)c(S(=O)(=O)N(CC)CC)c2)cc1. The van der Waals surface area contributed by atoms with E-state index >= 15 is 0 Å². The molecule has 0 fully saturated rings. The third-order valence-corrected chi connectivity index (χ3v) is 6.86. The van der Waals surface area contributed by atoms with Crippen LogP contribution in [0.5, 0.6) is 0 Å². The second-order valence-electron chi connectivity index (χ2n) is 6.40. The molecule has 9 heteroatoms. The third-order valence-electron chi connectivity index (χ3n) is 4.33. The number of carbonyl (C=O) groups is 2. The predicted molar refractivity (Wildman–Crippen MR) is 117 cm³/mol. The van der Waals surface area contributed by atoms with Gasteiger partial charge in [0.15, 0.2) is 0 Å². The van der Waals surface area contributed by atoms with Crippen molar-refractivity contribution in [3.8, 4) is 0 Å². The number of nitrogens with one attached hydrogen (secondary N) is 1. The lowest BCUT2D eigenvalue weighted by atomic mass is 10.2. The van der Waals surface area contributed by atoms with Gasteiger partial charge in [-0.3, -0.25) is 4.79 Å². The van der Waals surface area contributed by atoms with E-state index in [0.717, 1.165) is 6.42 Å². The van der Waals surface area contributed by atoms with E-state index in [-0.39, 0.29) is 15.5 Å². The van der Waals surface area contributed by atoms with Crippen molar-refractivity contribution in [3.63, 3.8) is 0 Å². The second kappa shape index (κ2) is 10.6. The number of anilines is 1. The first kappa shape index (κ1) is 23.9. The summed E-state index contributed by atoms with van der Waals surface area (Å²) >= 11 is 6.11. The van der Waals surface area contributed by atoms with Gasteiger partial charge in [0.2, 0.25) is 10.0 Å². The van der Waals surface area contributed by atoms with Gasteiger partial charge in [0.25, 0.3) is 5.91 Å². The number of ether oxygens (including phenoxy) is 1. The van der Waals surface area contributed by atoms with Gasteiger partial charge in [0.05, 0.1) is 17.2 Å². The van der Waals surface area contributed by atoms with Crippen LogP contribution in [0.15, 0.2) is 47.4 Å². The highest BCUT2D eigenvalue weighted by atomic mass is 35.5. The van der Waals surface area contributed by atoms with Gasteiger partial charge in [-0.15, -0.1) is 0 Å². The number of amides is 1. The number of hydrogen-bond acceptors (Lipinski definition) is 5. The number of halogens is 1. The number of hydrogen-bond donors (Lipinski definition) is 1. The van der Waals surface area contributed by atoms with E-state index in [9.17, 15) is 18.0 Å². The summed E-state index contributed by atoms with van der Waals surface area (Å²) in [7, 11) is -3.81. The molecule has 0 saturated carbocycles. The molecule has 0 radical (unpaired) electrons. The zero-order valence-corrected chi connectivity index (χ0v) is 18.7. The lowest BCUT2D eigenvalue weighted by Crippen LogP contribution is -2.31. The molecule has 2 aromatic carbocycles. The Morgan fingerprint density at radius 3 is 2.17 bits per heavy atom. The maximum atomic E-state index is 12.8. The Morgan fingerprint density at radius 1 is 1.00 bits per heavy atom. The predicted octanol–water partition coefficient (Wildman–Crippen LogP) is 4.19. The van der Waals surface area contributed by atoms with Crippen LogP contribution in [0.25, 0.3) is 0 Å². The minimum Gasteiger partial charge on any atom is -0.462 e. The first-order chi connectivity index (χ1) is 14.2. The minimum absolute atomic E-state index is 0.0494. The quantitative estimate of drug-likeness (QED) is 0.576. The molecule has 0 aliphatic heterocycles. The largest absolute Gasteiger partial charge is 0.462 e. The van der Waals surface area contributed by atoms with Crippen molar-refractivity contribution < 1.29 is 22.7 Å². The zero-order chi connectivity index (χ0) is 22.3. The first-order valence-electron chi connectivity index (χ1n) is 9.62. The van der Waals surface area contributed by atoms with Crippen LogP contribution in [-0.2, 0) is 14.8 Å². The van der Waals surface area contributed by atoms with Crippen LogP contribution < -0.4 is 5.32 Å². The average molecular weight is 453 g/mol. The van der Waals surface area contributed by atoms with Gasteiger partial charge in [0, 0.05) is 24.3 Å². The molecule has 0 spiro atoms. The smallest absolute Gasteiger partial charge is 0.338 e. The molecule has 7 nitrogen and oxygen atoms in total. The van der Waals surface area contributed by atoms with Gasteiger partial charge in [-0.25, -0.2) is 13.2 Å². The maximum absolute atomic E-state index is 12.8. The highest BCUT2D eigenvalue weighted by Gasteiger charge is 2.25. The molecule has 0 saturated heterocycles. The molecule has 2 aromatic rings. The normalized spacial score (nSPS) is 11.4. The maximum Gasteiger partial charge on any atom is 0.338 e. The minimum atomic E-state index is -3.81. The summed E-state index contributed by atoms with van der Waals surface area (Å²) in [4.78, 5) is 24.3. The van der Waals surface area contributed by atoms with Crippen molar-refractivity contribution >= 4 is 39.2 Å². The lowest BCUT2D eigenvalue weighted by molar-refractivity contribution is 0.0505. The molecule has 0 atom stereocenters. The van der Waals surface area contributed by atoms with E-state index < -0.39 is 21.9 Å². The number of nitrogens with zero attached hydrogens (tertiary/aromatic N) is 1. The van der Waals surface area contributed by atoms with Crippen LogP contribution >= 0.6 is 11.6 Å². The second-order valence-corrected chi connectivity index (χ2v) is 8.72. The summed E-state index contributed by atoms with van der Waals surface area (Å²) in [6.45, 7) is 6.28. The van der Waals surface area contributed by atoms with Gasteiger partial charge in [-0.1, -0.05) is 32.4 Å². The van der Waals surface area contributed by atoms with Crippen LogP contribution in [0.4, 0.5) is 5.69 Å². The van der Waals surface area contributed by atoms with Crippen LogP contribution in [-0.4, -0.2) is 44.3 Å². The highest BCUT2D eigenvalue weighted by Crippen LogP contribution is 2.26. The molecule has 0 aliphatic rings. The van der Waals surface area contributed by atoms with Crippen molar-refractivity contribution in [3.05, 3.63) is 58.6 Å². The number of rotatable bonds is 9. The van der Waals surface area contributed by atoms with Crippen molar-refractivity contribution in [1.82, 2.24) is 4.31 Å². The van der Waals surface area contributed by atoms with Gasteiger partial charge in [0.1, 0.15) is 4.90 Å². The lowest BCUT2D eigenvalue weighted by Gasteiger charge is -2.19. The molecule has 0 aromatic heterocycles. The van der Waals surface area contributed by atoms with E-state index in [0.29, 0.717) is 30.9 Å². The summed E-state index contributed by atoms with van der Waals surface area (Å²) < 4.78 is 31.9. The fourth-order valence-electron chi connectivity index (χ4n) is 2.72. The molecule has 1 N–H and O–H groups in total. The van der Waals surface area contributed by atoms with Crippen LogP contribution in [0, 0.1) is 0 Å². The standard InChI is InChI=1S/C21H25ClN2O5S/c1-4-13-29-21(26)15-7-10-17(11-8-15)23-20(25)16-9-12-18(22)19(14-16)30(27,28)24(5-2)6-3/h7-12,14H,4-6,13H2,1-3H3,(H,23,25). The summed E-state index contributed by atoms with van der Waals surface area (Å²) in [5.74, 6) is -0.928. The highest BCUT2D eigenvalue weighted by molar-refractivity contribution is 7.89. The summed E-state index contributed by atoms with van der Waals surface area (Å²) in [6.07, 6.45) is 0.729. The summed E-state index contributed by atoms with van der Waals surface area (Å²) in [5, 5.41) is 2.73. The number of benzene rings is 2. The van der Waals surface area contributed by atoms with Crippen LogP contribution in [0.3, 0.4) is 0 Å².